The molecule has 4 heteroatoms. The number of carbonyl (C=O) groups is 2. The Balaban J connectivity index is 1.99. The lowest BCUT2D eigenvalue weighted by atomic mass is 10.0. The fourth-order valence-electron chi connectivity index (χ4n) is 1.93. The highest BCUT2D eigenvalue weighted by Gasteiger charge is 2.08. The van der Waals surface area contributed by atoms with Crippen molar-refractivity contribution in [2.45, 2.75) is 6.42 Å². The predicted molar refractivity (Wildman–Crippen MR) is 84.6 cm³/mol. The van der Waals surface area contributed by atoms with Crippen LogP contribution in [0.3, 0.4) is 0 Å². The zero-order valence-corrected chi connectivity index (χ0v) is 12.3. The molecule has 0 aliphatic heterocycles. The third-order valence-electron chi connectivity index (χ3n) is 3.08. The first kappa shape index (κ1) is 15.3. The van der Waals surface area contributed by atoms with Gasteiger partial charge in [-0.25, -0.2) is 0 Å². The summed E-state index contributed by atoms with van der Waals surface area (Å²) in [4.78, 5) is 23.2. The fourth-order valence-corrected chi connectivity index (χ4v) is 2.11. The smallest absolute Gasteiger partial charge is 0.221 e. The molecule has 1 N–H and O–H groups in total. The normalized spacial score (nSPS) is 10.1. The van der Waals surface area contributed by atoms with Gasteiger partial charge in [0.15, 0.2) is 5.78 Å². The van der Waals surface area contributed by atoms with Crippen molar-refractivity contribution in [3.63, 3.8) is 0 Å². The number of amides is 1. The molecule has 2 aromatic rings. The van der Waals surface area contributed by atoms with Gasteiger partial charge in [0.1, 0.15) is 0 Å². The standard InChI is InChI=1S/C17H16ClNO2/c18-11-10-17(21)19-12-16(20)15-8-6-14(7-9-15)13-4-2-1-3-5-13/h1-9H,10-12H2,(H,19,21). The number of nitrogens with one attached hydrogen (secondary N) is 1. The molecular weight excluding hydrogens is 286 g/mol. The lowest BCUT2D eigenvalue weighted by molar-refractivity contribution is -0.120. The molecule has 0 saturated heterocycles. The molecule has 0 radical (unpaired) electrons. The topological polar surface area (TPSA) is 46.2 Å². The predicted octanol–water partition coefficient (Wildman–Crippen LogP) is 3.28. The first-order valence-electron chi connectivity index (χ1n) is 6.72. The van der Waals surface area contributed by atoms with E-state index in [0.717, 1.165) is 11.1 Å². The second-order valence-corrected chi connectivity index (χ2v) is 4.96. The third-order valence-corrected chi connectivity index (χ3v) is 3.27. The van der Waals surface area contributed by atoms with Crippen molar-refractivity contribution in [1.82, 2.24) is 5.32 Å². The average molecular weight is 302 g/mol. The van der Waals surface area contributed by atoms with Crippen LogP contribution < -0.4 is 5.32 Å². The van der Waals surface area contributed by atoms with E-state index < -0.39 is 0 Å². The lowest BCUT2D eigenvalue weighted by Crippen LogP contribution is -2.29. The SMILES string of the molecule is O=C(CCCl)NCC(=O)c1ccc(-c2ccccc2)cc1. The molecule has 0 aliphatic rings. The second-order valence-electron chi connectivity index (χ2n) is 4.58. The van der Waals surface area contributed by atoms with Gasteiger partial charge < -0.3 is 5.32 Å². The van der Waals surface area contributed by atoms with Gasteiger partial charge in [-0.1, -0.05) is 54.6 Å². The molecule has 2 aromatic carbocycles. The zero-order valence-electron chi connectivity index (χ0n) is 11.5. The maximum absolute atomic E-state index is 12.0. The highest BCUT2D eigenvalue weighted by Crippen LogP contribution is 2.19. The number of ketones is 1. The molecule has 0 spiro atoms. The van der Waals surface area contributed by atoms with E-state index in [1.807, 2.05) is 42.5 Å². The highest BCUT2D eigenvalue weighted by atomic mass is 35.5. The number of alkyl halides is 1. The Hall–Kier alpha value is -2.13. The van der Waals surface area contributed by atoms with Crippen LogP contribution in [-0.4, -0.2) is 24.1 Å². The van der Waals surface area contributed by atoms with Crippen LogP contribution in [0.5, 0.6) is 0 Å². The molecule has 0 aromatic heterocycles. The van der Waals surface area contributed by atoms with Crippen molar-refractivity contribution in [2.24, 2.45) is 0 Å². The monoisotopic (exact) mass is 301 g/mol. The van der Waals surface area contributed by atoms with Crippen molar-refractivity contribution < 1.29 is 9.59 Å². The number of carbonyl (C=O) groups excluding carboxylic acids is 2. The zero-order chi connectivity index (χ0) is 15.1. The van der Waals surface area contributed by atoms with Gasteiger partial charge >= 0.3 is 0 Å². The molecule has 0 fully saturated rings. The molecule has 0 aliphatic carbocycles. The minimum absolute atomic E-state index is 0.000403. The van der Waals surface area contributed by atoms with E-state index in [2.05, 4.69) is 5.32 Å². The van der Waals surface area contributed by atoms with Gasteiger partial charge in [0.2, 0.25) is 5.91 Å². The average Bonchev–Trinajstić information content (AvgIpc) is 2.54. The number of Topliss-reactive ketones (excluding diaryl/α,β-unsaturated/α-hetero) is 1. The molecule has 0 atom stereocenters. The van der Waals surface area contributed by atoms with E-state index in [9.17, 15) is 9.59 Å². The summed E-state index contributed by atoms with van der Waals surface area (Å²) in [6.45, 7) is 0.000403. The Bertz CT molecular complexity index is 608. The molecule has 0 unspecified atom stereocenters. The second kappa shape index (κ2) is 7.60. The molecule has 3 nitrogen and oxygen atoms in total. The first-order valence-corrected chi connectivity index (χ1v) is 7.25. The molecule has 1 amide bonds. The van der Waals surface area contributed by atoms with Gasteiger partial charge in [-0.15, -0.1) is 11.6 Å². The van der Waals surface area contributed by atoms with Crippen LogP contribution in [0.25, 0.3) is 11.1 Å². The van der Waals surface area contributed by atoms with E-state index in [1.54, 1.807) is 12.1 Å². The largest absolute Gasteiger partial charge is 0.349 e. The Labute approximate surface area is 128 Å². The van der Waals surface area contributed by atoms with Crippen LogP contribution in [0.1, 0.15) is 16.8 Å². The summed E-state index contributed by atoms with van der Waals surface area (Å²) >= 11 is 5.46. The van der Waals surface area contributed by atoms with Crippen LogP contribution >= 0.6 is 11.6 Å². The van der Waals surface area contributed by atoms with E-state index in [0.29, 0.717) is 5.56 Å². The van der Waals surface area contributed by atoms with Crippen LogP contribution in [0, 0.1) is 0 Å². The van der Waals surface area contributed by atoms with Crippen molar-refractivity contribution in [1.29, 1.82) is 0 Å². The van der Waals surface area contributed by atoms with E-state index in [4.69, 9.17) is 11.6 Å². The molecule has 0 saturated carbocycles. The van der Waals surface area contributed by atoms with Gasteiger partial charge in [0, 0.05) is 17.9 Å². The minimum Gasteiger partial charge on any atom is -0.349 e. The summed E-state index contributed by atoms with van der Waals surface area (Å²) in [5.74, 6) is -0.0667. The van der Waals surface area contributed by atoms with E-state index in [-0.39, 0.29) is 30.5 Å². The van der Waals surface area contributed by atoms with E-state index in [1.165, 1.54) is 0 Å². The van der Waals surface area contributed by atoms with Crippen LogP contribution in [0.4, 0.5) is 0 Å². The number of benzene rings is 2. The Kier molecular flexibility index (Phi) is 5.52. The van der Waals surface area contributed by atoms with Crippen molar-refractivity contribution >= 4 is 23.3 Å². The van der Waals surface area contributed by atoms with Gasteiger partial charge in [0.25, 0.3) is 0 Å². The fraction of sp³-hybridized carbons (Fsp3) is 0.176. The molecule has 21 heavy (non-hydrogen) atoms. The van der Waals surface area contributed by atoms with Crippen LogP contribution in [-0.2, 0) is 4.79 Å². The number of hydrogen-bond donors (Lipinski definition) is 1. The quantitative estimate of drug-likeness (QED) is 0.657. The number of rotatable bonds is 6. The Morgan fingerprint density at radius 1 is 0.905 bits per heavy atom. The summed E-state index contributed by atoms with van der Waals surface area (Å²) in [7, 11) is 0. The Morgan fingerprint density at radius 3 is 2.14 bits per heavy atom. The summed E-state index contributed by atoms with van der Waals surface area (Å²) in [6, 6.07) is 17.3. The summed E-state index contributed by atoms with van der Waals surface area (Å²) in [5.41, 5.74) is 2.74. The van der Waals surface area contributed by atoms with Crippen LogP contribution in [0.2, 0.25) is 0 Å². The Morgan fingerprint density at radius 2 is 1.52 bits per heavy atom. The molecule has 2 rings (SSSR count). The van der Waals surface area contributed by atoms with Crippen LogP contribution in [0.15, 0.2) is 54.6 Å². The van der Waals surface area contributed by atoms with Crippen molar-refractivity contribution in [3.8, 4) is 11.1 Å². The minimum atomic E-state index is -0.209. The number of halogens is 1. The summed E-state index contributed by atoms with van der Waals surface area (Å²) in [6.07, 6.45) is 0.224. The maximum atomic E-state index is 12.0. The summed E-state index contributed by atoms with van der Waals surface area (Å²) < 4.78 is 0. The lowest BCUT2D eigenvalue weighted by Gasteiger charge is -2.05. The summed E-state index contributed by atoms with van der Waals surface area (Å²) in [5, 5.41) is 2.56. The third kappa shape index (κ3) is 4.43. The molecule has 108 valence electrons. The van der Waals surface area contributed by atoms with Gasteiger partial charge in [0.05, 0.1) is 6.54 Å². The molecule has 0 heterocycles. The van der Waals surface area contributed by atoms with Crippen molar-refractivity contribution in [2.75, 3.05) is 12.4 Å². The maximum Gasteiger partial charge on any atom is 0.221 e. The van der Waals surface area contributed by atoms with Gasteiger partial charge in [-0.2, -0.15) is 0 Å². The van der Waals surface area contributed by atoms with Gasteiger partial charge in [-0.05, 0) is 11.1 Å². The number of hydrogen-bond acceptors (Lipinski definition) is 2. The van der Waals surface area contributed by atoms with Crippen molar-refractivity contribution in [3.05, 3.63) is 60.2 Å². The first-order chi connectivity index (χ1) is 10.2. The van der Waals surface area contributed by atoms with E-state index >= 15 is 0 Å². The van der Waals surface area contributed by atoms with Gasteiger partial charge in [-0.3, -0.25) is 9.59 Å². The molecule has 0 bridgehead atoms. The molecular formula is C17H16ClNO2. The highest BCUT2D eigenvalue weighted by molar-refractivity contribution is 6.19.